The van der Waals surface area contributed by atoms with Gasteiger partial charge < -0.3 is 5.32 Å². The first kappa shape index (κ1) is 14.8. The van der Waals surface area contributed by atoms with Crippen molar-refractivity contribution in [2.24, 2.45) is 5.92 Å². The molecule has 1 aliphatic carbocycles. The number of hydrogen-bond donors (Lipinski definition) is 1. The zero-order valence-electron chi connectivity index (χ0n) is 12.9. The van der Waals surface area contributed by atoms with E-state index < -0.39 is 0 Å². The van der Waals surface area contributed by atoms with Crippen LogP contribution in [0.5, 0.6) is 0 Å². The second-order valence-electron chi connectivity index (χ2n) is 6.10. The number of nitriles is 1. The van der Waals surface area contributed by atoms with Crippen LogP contribution in [-0.2, 0) is 12.8 Å². The third-order valence-electron chi connectivity index (χ3n) is 4.26. The predicted molar refractivity (Wildman–Crippen MR) is 82.8 cm³/mol. The molecule has 20 heavy (non-hydrogen) atoms. The second kappa shape index (κ2) is 6.74. The van der Waals surface area contributed by atoms with Gasteiger partial charge in [0.15, 0.2) is 0 Å². The van der Waals surface area contributed by atoms with Crippen molar-refractivity contribution in [3.05, 3.63) is 22.9 Å². The number of rotatable bonds is 5. The van der Waals surface area contributed by atoms with Crippen molar-refractivity contribution in [2.75, 3.05) is 5.32 Å². The SMILES string of the molecule is CCC(C)CC(C)Nc1nc2c(cc1C#N)CCCC2. The summed E-state index contributed by atoms with van der Waals surface area (Å²) in [6, 6.07) is 4.69. The van der Waals surface area contributed by atoms with Gasteiger partial charge in [0.1, 0.15) is 11.9 Å². The third-order valence-corrected chi connectivity index (χ3v) is 4.26. The van der Waals surface area contributed by atoms with Gasteiger partial charge in [-0.1, -0.05) is 20.3 Å². The minimum absolute atomic E-state index is 0.353. The van der Waals surface area contributed by atoms with Crippen LogP contribution in [0.4, 0.5) is 5.82 Å². The highest BCUT2D eigenvalue weighted by atomic mass is 15.0. The highest BCUT2D eigenvalue weighted by Gasteiger charge is 2.16. The summed E-state index contributed by atoms with van der Waals surface area (Å²) >= 11 is 0. The monoisotopic (exact) mass is 271 g/mol. The molecule has 0 aliphatic heterocycles. The van der Waals surface area contributed by atoms with Crippen LogP contribution in [0.3, 0.4) is 0 Å². The Morgan fingerprint density at radius 2 is 2.10 bits per heavy atom. The first-order chi connectivity index (χ1) is 9.63. The highest BCUT2D eigenvalue weighted by molar-refractivity contribution is 5.55. The molecule has 0 bridgehead atoms. The van der Waals surface area contributed by atoms with Gasteiger partial charge in [0.05, 0.1) is 5.56 Å². The lowest BCUT2D eigenvalue weighted by molar-refractivity contribution is 0.483. The minimum atomic E-state index is 0.353. The molecule has 0 spiro atoms. The molecule has 1 heterocycles. The first-order valence-corrected chi connectivity index (χ1v) is 7.83. The van der Waals surface area contributed by atoms with E-state index in [9.17, 15) is 5.26 Å². The van der Waals surface area contributed by atoms with Gasteiger partial charge in [0, 0.05) is 11.7 Å². The van der Waals surface area contributed by atoms with Gasteiger partial charge in [-0.3, -0.25) is 0 Å². The summed E-state index contributed by atoms with van der Waals surface area (Å²) in [5.74, 6) is 1.48. The van der Waals surface area contributed by atoms with Crippen LogP contribution in [0, 0.1) is 17.2 Å². The third kappa shape index (κ3) is 3.50. The zero-order chi connectivity index (χ0) is 14.5. The van der Waals surface area contributed by atoms with E-state index >= 15 is 0 Å². The maximum atomic E-state index is 9.33. The number of pyridine rings is 1. The number of fused-ring (bicyclic) bond motifs is 1. The summed E-state index contributed by atoms with van der Waals surface area (Å²) in [5.41, 5.74) is 3.16. The van der Waals surface area contributed by atoms with Crippen LogP contribution in [0.2, 0.25) is 0 Å². The number of nitrogens with one attached hydrogen (secondary N) is 1. The van der Waals surface area contributed by atoms with E-state index in [0.29, 0.717) is 17.5 Å². The minimum Gasteiger partial charge on any atom is -0.367 e. The Morgan fingerprint density at radius 1 is 1.35 bits per heavy atom. The summed E-state index contributed by atoms with van der Waals surface area (Å²) in [7, 11) is 0. The Balaban J connectivity index is 2.16. The number of aromatic nitrogens is 1. The van der Waals surface area contributed by atoms with Crippen molar-refractivity contribution in [3.8, 4) is 6.07 Å². The Labute approximate surface area is 122 Å². The van der Waals surface area contributed by atoms with Gasteiger partial charge in [0.2, 0.25) is 0 Å². The molecule has 0 aromatic carbocycles. The van der Waals surface area contributed by atoms with Crippen LogP contribution in [0.15, 0.2) is 6.07 Å². The quantitative estimate of drug-likeness (QED) is 0.878. The van der Waals surface area contributed by atoms with E-state index in [4.69, 9.17) is 4.98 Å². The molecule has 0 fully saturated rings. The van der Waals surface area contributed by atoms with Crippen LogP contribution in [0.25, 0.3) is 0 Å². The maximum Gasteiger partial charge on any atom is 0.144 e. The van der Waals surface area contributed by atoms with Crippen LogP contribution in [0.1, 0.15) is 63.3 Å². The summed E-state index contributed by atoms with van der Waals surface area (Å²) in [6.07, 6.45) is 6.86. The molecule has 2 rings (SSSR count). The molecule has 1 N–H and O–H groups in total. The number of anilines is 1. The average Bonchev–Trinajstić information content (AvgIpc) is 2.46. The molecule has 3 nitrogen and oxygen atoms in total. The Morgan fingerprint density at radius 3 is 2.80 bits per heavy atom. The van der Waals surface area contributed by atoms with Gasteiger partial charge in [-0.15, -0.1) is 0 Å². The zero-order valence-corrected chi connectivity index (χ0v) is 12.9. The summed E-state index contributed by atoms with van der Waals surface area (Å²) in [5, 5.41) is 12.8. The van der Waals surface area contributed by atoms with Gasteiger partial charge in [-0.05, 0) is 56.6 Å². The summed E-state index contributed by atoms with van der Waals surface area (Å²) in [6.45, 7) is 6.66. The molecule has 1 aromatic rings. The van der Waals surface area contributed by atoms with Crippen LogP contribution in [-0.4, -0.2) is 11.0 Å². The lowest BCUT2D eigenvalue weighted by Crippen LogP contribution is -2.21. The Kier molecular flexibility index (Phi) is 5.00. The van der Waals surface area contributed by atoms with Crippen LogP contribution < -0.4 is 5.32 Å². The molecule has 108 valence electrons. The molecule has 0 radical (unpaired) electrons. The van der Waals surface area contributed by atoms with Gasteiger partial charge in [0.25, 0.3) is 0 Å². The fourth-order valence-corrected chi connectivity index (χ4v) is 2.89. The van der Waals surface area contributed by atoms with E-state index in [0.717, 1.165) is 25.1 Å². The van der Waals surface area contributed by atoms with Gasteiger partial charge >= 0.3 is 0 Å². The number of nitrogens with zero attached hydrogens (tertiary/aromatic N) is 2. The van der Waals surface area contributed by atoms with Crippen molar-refractivity contribution in [2.45, 2.75) is 65.3 Å². The van der Waals surface area contributed by atoms with E-state index in [-0.39, 0.29) is 0 Å². The largest absolute Gasteiger partial charge is 0.367 e. The molecule has 0 saturated carbocycles. The fourth-order valence-electron chi connectivity index (χ4n) is 2.89. The lowest BCUT2D eigenvalue weighted by Gasteiger charge is -2.21. The summed E-state index contributed by atoms with van der Waals surface area (Å²) < 4.78 is 0. The van der Waals surface area contributed by atoms with Gasteiger partial charge in [-0.2, -0.15) is 5.26 Å². The highest BCUT2D eigenvalue weighted by Crippen LogP contribution is 2.25. The van der Waals surface area contributed by atoms with E-state index in [2.05, 4.69) is 32.2 Å². The van der Waals surface area contributed by atoms with Crippen molar-refractivity contribution in [1.29, 1.82) is 5.26 Å². The smallest absolute Gasteiger partial charge is 0.144 e. The Bertz CT molecular complexity index is 502. The standard InChI is InChI=1S/C17H25N3/c1-4-12(2)9-13(3)19-17-15(11-18)10-14-7-5-6-8-16(14)20-17/h10,12-13H,4-9H2,1-3H3,(H,19,20). The van der Waals surface area contributed by atoms with E-state index in [1.807, 2.05) is 6.07 Å². The van der Waals surface area contributed by atoms with E-state index in [1.54, 1.807) is 0 Å². The average molecular weight is 271 g/mol. The molecule has 0 saturated heterocycles. The molecular formula is C17H25N3. The molecule has 2 unspecified atom stereocenters. The second-order valence-corrected chi connectivity index (χ2v) is 6.10. The molecule has 3 heteroatoms. The van der Waals surface area contributed by atoms with Crippen LogP contribution >= 0.6 is 0 Å². The Hall–Kier alpha value is -1.56. The normalized spacial score (nSPS) is 16.9. The van der Waals surface area contributed by atoms with Crippen molar-refractivity contribution < 1.29 is 0 Å². The number of aryl methyl sites for hydroxylation is 2. The summed E-state index contributed by atoms with van der Waals surface area (Å²) in [4.78, 5) is 4.72. The predicted octanol–water partition coefficient (Wildman–Crippen LogP) is 4.07. The van der Waals surface area contributed by atoms with Crippen molar-refractivity contribution in [1.82, 2.24) is 4.98 Å². The maximum absolute atomic E-state index is 9.33. The molecule has 2 atom stereocenters. The molecule has 1 aromatic heterocycles. The van der Waals surface area contributed by atoms with Crippen molar-refractivity contribution >= 4 is 5.82 Å². The first-order valence-electron chi connectivity index (χ1n) is 7.83. The van der Waals surface area contributed by atoms with Crippen molar-refractivity contribution in [3.63, 3.8) is 0 Å². The molecule has 1 aliphatic rings. The fraction of sp³-hybridized carbons (Fsp3) is 0.647. The van der Waals surface area contributed by atoms with E-state index in [1.165, 1.54) is 30.5 Å². The molecular weight excluding hydrogens is 246 g/mol. The van der Waals surface area contributed by atoms with Gasteiger partial charge in [-0.25, -0.2) is 4.98 Å². The topological polar surface area (TPSA) is 48.7 Å². The lowest BCUT2D eigenvalue weighted by atomic mass is 9.94. The number of hydrogen-bond acceptors (Lipinski definition) is 3. The molecule has 0 amide bonds.